The molecule has 0 radical (unpaired) electrons. The molecule has 0 aliphatic rings. The van der Waals surface area contributed by atoms with Crippen LogP contribution >= 0.6 is 23.3 Å². The van der Waals surface area contributed by atoms with Crippen molar-refractivity contribution in [1.29, 1.82) is 0 Å². The van der Waals surface area contributed by atoms with Crippen LogP contribution in [0.15, 0.2) is 4.90 Å². The molecule has 1 aromatic rings. The fraction of sp³-hybridized carbons (Fsp3) is 0.571. The molecule has 12 heavy (non-hydrogen) atoms. The molecule has 0 saturated heterocycles. The van der Waals surface area contributed by atoms with Crippen LogP contribution in [0.5, 0.6) is 0 Å². The quantitative estimate of drug-likeness (QED) is 0.740. The van der Waals surface area contributed by atoms with Crippen molar-refractivity contribution < 1.29 is 0 Å². The zero-order chi connectivity index (χ0) is 9.14. The topological polar surface area (TPSA) is 50.9 Å². The number of hydrogen-bond donors (Lipinski definition) is 2. The molecule has 5 heteroatoms. The lowest BCUT2D eigenvalue weighted by Gasteiger charge is -2.07. The molecule has 0 aliphatic heterocycles. The molecule has 0 amide bonds. The van der Waals surface area contributed by atoms with Gasteiger partial charge in [-0.15, -0.1) is 11.8 Å². The number of nitrogens with zero attached hydrogens (tertiary/aromatic N) is 1. The maximum atomic E-state index is 5.67. The molecular weight excluding hydrogens is 190 g/mol. The van der Waals surface area contributed by atoms with Gasteiger partial charge in [0.1, 0.15) is 5.00 Å². The predicted octanol–water partition coefficient (Wildman–Crippen LogP) is 2.27. The van der Waals surface area contributed by atoms with Crippen molar-refractivity contribution in [2.24, 2.45) is 0 Å². The van der Waals surface area contributed by atoms with E-state index in [1.54, 1.807) is 11.8 Å². The Morgan fingerprint density at radius 2 is 2.25 bits per heavy atom. The van der Waals surface area contributed by atoms with Gasteiger partial charge < -0.3 is 11.1 Å². The standard InChI is InChI=1S/C7H13N3S2/c1-4(2)9-7-5(11-3)6(8)10-12-7/h4,9H,1-3H3,(H2,8,10). The Bertz CT molecular complexity index is 257. The van der Waals surface area contributed by atoms with Crippen molar-refractivity contribution in [1.82, 2.24) is 4.37 Å². The van der Waals surface area contributed by atoms with Crippen LogP contribution in [-0.2, 0) is 0 Å². The van der Waals surface area contributed by atoms with E-state index in [4.69, 9.17) is 5.73 Å². The zero-order valence-corrected chi connectivity index (χ0v) is 9.05. The average molecular weight is 203 g/mol. The molecule has 1 heterocycles. The number of hydrogen-bond acceptors (Lipinski definition) is 5. The first-order valence-electron chi connectivity index (χ1n) is 3.70. The summed E-state index contributed by atoms with van der Waals surface area (Å²) in [5.74, 6) is 0.635. The van der Waals surface area contributed by atoms with Crippen LogP contribution < -0.4 is 11.1 Å². The predicted molar refractivity (Wildman–Crippen MR) is 57.1 cm³/mol. The number of rotatable bonds is 3. The Hall–Kier alpha value is -0.420. The van der Waals surface area contributed by atoms with Gasteiger partial charge in [0.05, 0.1) is 4.90 Å². The zero-order valence-electron chi connectivity index (χ0n) is 7.42. The summed E-state index contributed by atoms with van der Waals surface area (Å²) in [5, 5.41) is 4.38. The van der Waals surface area contributed by atoms with Crippen molar-refractivity contribution in [3.63, 3.8) is 0 Å². The summed E-state index contributed by atoms with van der Waals surface area (Å²) < 4.78 is 4.08. The minimum Gasteiger partial charge on any atom is -0.382 e. The molecule has 0 fully saturated rings. The highest BCUT2D eigenvalue weighted by Crippen LogP contribution is 2.34. The molecular formula is C7H13N3S2. The van der Waals surface area contributed by atoms with E-state index in [0.29, 0.717) is 11.9 Å². The Morgan fingerprint density at radius 3 is 2.75 bits per heavy atom. The molecule has 0 atom stereocenters. The van der Waals surface area contributed by atoms with Crippen molar-refractivity contribution >= 4 is 34.1 Å². The van der Waals surface area contributed by atoms with Crippen LogP contribution in [0.4, 0.5) is 10.8 Å². The summed E-state index contributed by atoms with van der Waals surface area (Å²) in [4.78, 5) is 1.06. The van der Waals surface area contributed by atoms with Crippen molar-refractivity contribution in [2.45, 2.75) is 24.8 Å². The molecule has 0 aliphatic carbocycles. The molecule has 3 N–H and O–H groups in total. The summed E-state index contributed by atoms with van der Waals surface area (Å²) in [6.45, 7) is 4.19. The summed E-state index contributed by atoms with van der Waals surface area (Å²) in [7, 11) is 0. The Kier molecular flexibility index (Phi) is 3.22. The molecule has 0 spiro atoms. The van der Waals surface area contributed by atoms with Crippen LogP contribution in [0.2, 0.25) is 0 Å². The average Bonchev–Trinajstić information content (AvgIpc) is 2.30. The van der Waals surface area contributed by atoms with Gasteiger partial charge in [-0.05, 0) is 31.6 Å². The van der Waals surface area contributed by atoms with E-state index in [-0.39, 0.29) is 0 Å². The van der Waals surface area contributed by atoms with Gasteiger partial charge >= 0.3 is 0 Å². The SMILES string of the molecule is CSc1c(N)nsc1NC(C)C. The molecule has 0 unspecified atom stereocenters. The van der Waals surface area contributed by atoms with Gasteiger partial charge in [0, 0.05) is 6.04 Å². The Balaban J connectivity index is 2.84. The number of nitrogens with two attached hydrogens (primary N) is 1. The third-order valence-electron chi connectivity index (χ3n) is 1.30. The fourth-order valence-corrected chi connectivity index (χ4v) is 2.52. The van der Waals surface area contributed by atoms with E-state index in [1.165, 1.54) is 11.5 Å². The fourth-order valence-electron chi connectivity index (χ4n) is 0.845. The lowest BCUT2D eigenvalue weighted by molar-refractivity contribution is 0.900. The minimum absolute atomic E-state index is 0.427. The molecule has 3 nitrogen and oxygen atoms in total. The lowest BCUT2D eigenvalue weighted by Crippen LogP contribution is -2.08. The van der Waals surface area contributed by atoms with Gasteiger partial charge in [0.15, 0.2) is 5.82 Å². The highest BCUT2D eigenvalue weighted by molar-refractivity contribution is 7.99. The first-order valence-corrected chi connectivity index (χ1v) is 5.70. The van der Waals surface area contributed by atoms with Crippen LogP contribution in [0, 0.1) is 0 Å². The van der Waals surface area contributed by atoms with E-state index < -0.39 is 0 Å². The number of aromatic nitrogens is 1. The van der Waals surface area contributed by atoms with Gasteiger partial charge in [0.25, 0.3) is 0 Å². The van der Waals surface area contributed by atoms with Crippen LogP contribution in [0.25, 0.3) is 0 Å². The molecule has 68 valence electrons. The second-order valence-corrected chi connectivity index (χ2v) is 4.32. The van der Waals surface area contributed by atoms with Gasteiger partial charge in [-0.3, -0.25) is 0 Å². The summed E-state index contributed by atoms with van der Waals surface area (Å²) in [6.07, 6.45) is 2.01. The Labute approximate surface area is 80.9 Å². The third-order valence-corrected chi connectivity index (χ3v) is 3.04. The molecule has 1 rings (SSSR count). The second-order valence-electron chi connectivity index (χ2n) is 2.73. The van der Waals surface area contributed by atoms with E-state index in [0.717, 1.165) is 9.90 Å². The molecule has 0 saturated carbocycles. The number of anilines is 2. The Morgan fingerprint density at radius 1 is 1.58 bits per heavy atom. The maximum absolute atomic E-state index is 5.67. The van der Waals surface area contributed by atoms with Crippen LogP contribution in [0.3, 0.4) is 0 Å². The second kappa shape index (κ2) is 4.00. The van der Waals surface area contributed by atoms with Crippen LogP contribution in [0.1, 0.15) is 13.8 Å². The van der Waals surface area contributed by atoms with Gasteiger partial charge in [-0.25, -0.2) is 0 Å². The van der Waals surface area contributed by atoms with Gasteiger partial charge in [0.2, 0.25) is 0 Å². The number of nitrogens with one attached hydrogen (secondary N) is 1. The number of thioether (sulfide) groups is 1. The first kappa shape index (κ1) is 9.67. The first-order chi connectivity index (χ1) is 5.65. The highest BCUT2D eigenvalue weighted by atomic mass is 32.2. The monoisotopic (exact) mass is 203 g/mol. The van der Waals surface area contributed by atoms with Gasteiger partial charge in [-0.1, -0.05) is 0 Å². The van der Waals surface area contributed by atoms with Crippen molar-refractivity contribution in [2.75, 3.05) is 17.3 Å². The van der Waals surface area contributed by atoms with E-state index >= 15 is 0 Å². The smallest absolute Gasteiger partial charge is 0.153 e. The van der Waals surface area contributed by atoms with Crippen molar-refractivity contribution in [3.05, 3.63) is 0 Å². The van der Waals surface area contributed by atoms with E-state index in [9.17, 15) is 0 Å². The number of nitrogen functional groups attached to an aromatic ring is 1. The van der Waals surface area contributed by atoms with Crippen LogP contribution in [-0.4, -0.2) is 16.7 Å². The molecule has 1 aromatic heterocycles. The highest BCUT2D eigenvalue weighted by Gasteiger charge is 2.10. The largest absolute Gasteiger partial charge is 0.382 e. The van der Waals surface area contributed by atoms with Crippen molar-refractivity contribution in [3.8, 4) is 0 Å². The molecule has 0 bridgehead atoms. The summed E-state index contributed by atoms with van der Waals surface area (Å²) in [5.41, 5.74) is 5.67. The minimum atomic E-state index is 0.427. The summed E-state index contributed by atoms with van der Waals surface area (Å²) >= 11 is 3.05. The molecule has 0 aromatic carbocycles. The normalized spacial score (nSPS) is 10.7. The van der Waals surface area contributed by atoms with Gasteiger partial charge in [-0.2, -0.15) is 4.37 Å². The lowest BCUT2D eigenvalue weighted by atomic mass is 10.4. The third kappa shape index (κ3) is 2.04. The van der Waals surface area contributed by atoms with E-state index in [1.807, 2.05) is 6.26 Å². The van der Waals surface area contributed by atoms with E-state index in [2.05, 4.69) is 23.5 Å². The maximum Gasteiger partial charge on any atom is 0.153 e. The summed E-state index contributed by atoms with van der Waals surface area (Å²) in [6, 6.07) is 0.427.